The van der Waals surface area contributed by atoms with Gasteiger partial charge in [-0.1, -0.05) is 35.9 Å². The highest BCUT2D eigenvalue weighted by atomic mass is 35.5. The summed E-state index contributed by atoms with van der Waals surface area (Å²) < 4.78 is 5.54. The topological polar surface area (TPSA) is 32.7 Å². The molecule has 3 aliphatic rings. The number of ether oxygens (including phenoxy) is 1. The summed E-state index contributed by atoms with van der Waals surface area (Å²) in [5.41, 5.74) is 4.17. The van der Waals surface area contributed by atoms with E-state index in [0.29, 0.717) is 5.03 Å². The first kappa shape index (κ1) is 18.5. The van der Waals surface area contributed by atoms with Gasteiger partial charge in [0.1, 0.15) is 5.76 Å². The molecule has 2 atom stereocenters. The molecule has 0 aromatic carbocycles. The molecule has 4 heteroatoms. The molecule has 0 aromatic heterocycles. The highest BCUT2D eigenvalue weighted by Crippen LogP contribution is 2.43. The van der Waals surface area contributed by atoms with Crippen LogP contribution in [0.4, 0.5) is 0 Å². The van der Waals surface area contributed by atoms with Crippen LogP contribution < -0.4 is 0 Å². The molecule has 1 unspecified atom stereocenters. The molecule has 25 heavy (non-hydrogen) atoms. The van der Waals surface area contributed by atoms with E-state index in [1.807, 2.05) is 13.1 Å². The van der Waals surface area contributed by atoms with Crippen LogP contribution in [0.2, 0.25) is 0 Å². The van der Waals surface area contributed by atoms with Gasteiger partial charge in [0.05, 0.1) is 18.9 Å². The SMILES string of the molecule is CO/C1=C/C([C@H]2C3=CCCC=C3CCC2N(C)CO)=C\CCC=C1Cl. The minimum atomic E-state index is 0.0717. The van der Waals surface area contributed by atoms with Crippen molar-refractivity contribution in [1.82, 2.24) is 4.90 Å². The normalized spacial score (nSPS) is 31.3. The zero-order chi connectivity index (χ0) is 17.8. The Morgan fingerprint density at radius 3 is 2.64 bits per heavy atom. The van der Waals surface area contributed by atoms with E-state index >= 15 is 0 Å². The van der Waals surface area contributed by atoms with Gasteiger partial charge in [0.15, 0.2) is 0 Å². The Morgan fingerprint density at radius 1 is 1.16 bits per heavy atom. The Kier molecular flexibility index (Phi) is 6.21. The number of allylic oxidation sites excluding steroid dienone is 7. The van der Waals surface area contributed by atoms with Gasteiger partial charge in [-0.25, -0.2) is 0 Å². The van der Waals surface area contributed by atoms with Crippen LogP contribution in [0.3, 0.4) is 0 Å². The van der Waals surface area contributed by atoms with Crippen molar-refractivity contribution in [1.29, 1.82) is 0 Å². The number of methoxy groups -OCH3 is 1. The van der Waals surface area contributed by atoms with Crippen LogP contribution >= 0.6 is 11.6 Å². The Bertz CT molecular complexity index is 657. The molecule has 3 rings (SSSR count). The third kappa shape index (κ3) is 3.94. The number of halogens is 1. The molecule has 0 aromatic rings. The zero-order valence-electron chi connectivity index (χ0n) is 15.2. The minimum absolute atomic E-state index is 0.0717. The van der Waals surface area contributed by atoms with Gasteiger partial charge in [0, 0.05) is 12.0 Å². The largest absolute Gasteiger partial charge is 0.495 e. The lowest BCUT2D eigenvalue weighted by molar-refractivity contribution is 0.0718. The summed E-state index contributed by atoms with van der Waals surface area (Å²) in [6.07, 6.45) is 17.5. The zero-order valence-corrected chi connectivity index (χ0v) is 15.9. The molecular weight excluding hydrogens is 334 g/mol. The molecule has 0 spiro atoms. The lowest BCUT2D eigenvalue weighted by atomic mass is 9.70. The third-order valence-corrected chi connectivity index (χ3v) is 5.83. The first-order chi connectivity index (χ1) is 12.2. The molecule has 1 N–H and O–H groups in total. The summed E-state index contributed by atoms with van der Waals surface area (Å²) >= 11 is 6.39. The van der Waals surface area contributed by atoms with E-state index < -0.39 is 0 Å². The number of rotatable bonds is 4. The van der Waals surface area contributed by atoms with Gasteiger partial charge in [-0.05, 0) is 68.4 Å². The van der Waals surface area contributed by atoms with E-state index in [9.17, 15) is 5.11 Å². The lowest BCUT2D eigenvalue weighted by Gasteiger charge is -2.42. The van der Waals surface area contributed by atoms with Gasteiger partial charge in [-0.15, -0.1) is 0 Å². The maximum absolute atomic E-state index is 9.74. The average Bonchev–Trinajstić information content (AvgIpc) is 2.64. The molecular formula is C21H28ClNO2. The van der Waals surface area contributed by atoms with Gasteiger partial charge in [0.2, 0.25) is 0 Å². The number of nitrogens with zero attached hydrogens (tertiary/aromatic N) is 1. The first-order valence-corrected chi connectivity index (χ1v) is 9.55. The maximum atomic E-state index is 9.74. The van der Waals surface area contributed by atoms with Gasteiger partial charge in [-0.3, -0.25) is 4.90 Å². The van der Waals surface area contributed by atoms with Crippen LogP contribution in [0.15, 0.2) is 57.9 Å². The van der Waals surface area contributed by atoms with Crippen molar-refractivity contribution in [3.05, 3.63) is 57.9 Å². The second-order valence-electron chi connectivity index (χ2n) is 6.99. The number of hydrogen-bond donors (Lipinski definition) is 1. The van der Waals surface area contributed by atoms with Crippen molar-refractivity contribution in [2.24, 2.45) is 5.92 Å². The van der Waals surface area contributed by atoms with Gasteiger partial charge in [-0.2, -0.15) is 0 Å². The smallest absolute Gasteiger partial charge is 0.137 e. The molecule has 136 valence electrons. The molecule has 3 nitrogen and oxygen atoms in total. The third-order valence-electron chi connectivity index (χ3n) is 5.49. The summed E-state index contributed by atoms with van der Waals surface area (Å²) in [5, 5.41) is 10.4. The average molecular weight is 362 g/mol. The van der Waals surface area contributed by atoms with E-state index in [-0.39, 0.29) is 18.7 Å². The predicted octanol–water partition coefficient (Wildman–Crippen LogP) is 4.67. The number of aliphatic hydroxyl groups is 1. The fraction of sp³-hybridized carbons (Fsp3) is 0.524. The minimum Gasteiger partial charge on any atom is -0.495 e. The van der Waals surface area contributed by atoms with Crippen LogP contribution in [0, 0.1) is 5.92 Å². The Hall–Kier alpha value is -1.29. The van der Waals surface area contributed by atoms with Crippen LogP contribution in [0.5, 0.6) is 0 Å². The number of fused-ring (bicyclic) bond motifs is 1. The summed E-state index contributed by atoms with van der Waals surface area (Å²) in [7, 11) is 3.68. The van der Waals surface area contributed by atoms with Crippen molar-refractivity contribution >= 4 is 11.6 Å². The Labute approximate surface area is 156 Å². The second kappa shape index (κ2) is 8.39. The van der Waals surface area contributed by atoms with Crippen molar-refractivity contribution in [3.8, 4) is 0 Å². The van der Waals surface area contributed by atoms with Crippen molar-refractivity contribution in [2.45, 2.75) is 44.6 Å². The standard InChI is InChI=1S/C21H28ClNO2/c1-23(14-24)19-12-11-15-7-3-5-9-17(15)21(19)16-8-4-6-10-18(22)20(13-16)25-2/h7-10,13,19,21,24H,3-6,11-12,14H2,1-2H3/b16-8+,18-10?,20-13+/t19?,21-/m0/s1. The second-order valence-corrected chi connectivity index (χ2v) is 7.40. The molecule has 0 bridgehead atoms. The van der Waals surface area contributed by atoms with E-state index in [4.69, 9.17) is 16.3 Å². The molecule has 0 aliphatic heterocycles. The van der Waals surface area contributed by atoms with Crippen molar-refractivity contribution in [3.63, 3.8) is 0 Å². The van der Waals surface area contributed by atoms with Crippen LogP contribution in [-0.2, 0) is 4.74 Å². The van der Waals surface area contributed by atoms with Crippen molar-refractivity contribution < 1.29 is 9.84 Å². The van der Waals surface area contributed by atoms with Gasteiger partial charge in [0.25, 0.3) is 0 Å². The fourth-order valence-electron chi connectivity index (χ4n) is 4.19. The summed E-state index contributed by atoms with van der Waals surface area (Å²) in [4.78, 5) is 2.06. The molecule has 1 fully saturated rings. The van der Waals surface area contributed by atoms with E-state index in [1.54, 1.807) is 7.11 Å². The summed E-state index contributed by atoms with van der Waals surface area (Å²) in [6.45, 7) is 0.0717. The Morgan fingerprint density at radius 2 is 1.88 bits per heavy atom. The molecule has 3 aliphatic carbocycles. The molecule has 0 amide bonds. The van der Waals surface area contributed by atoms with E-state index in [2.05, 4.69) is 29.2 Å². The Balaban J connectivity index is 2.04. The predicted molar refractivity (Wildman–Crippen MR) is 103 cm³/mol. The van der Waals surface area contributed by atoms with Crippen LogP contribution in [-0.4, -0.2) is 36.9 Å². The van der Waals surface area contributed by atoms with Crippen LogP contribution in [0.25, 0.3) is 0 Å². The maximum Gasteiger partial charge on any atom is 0.137 e. The highest BCUT2D eigenvalue weighted by molar-refractivity contribution is 6.31. The van der Waals surface area contributed by atoms with Gasteiger partial charge >= 0.3 is 0 Å². The lowest BCUT2D eigenvalue weighted by Crippen LogP contribution is -2.43. The quantitative estimate of drug-likeness (QED) is 0.739. The molecule has 1 saturated carbocycles. The number of aliphatic hydroxyl groups excluding tert-OH is 1. The van der Waals surface area contributed by atoms with E-state index in [1.165, 1.54) is 16.7 Å². The number of hydrogen-bond acceptors (Lipinski definition) is 3. The summed E-state index contributed by atoms with van der Waals surface area (Å²) in [5.74, 6) is 0.982. The van der Waals surface area contributed by atoms with E-state index in [0.717, 1.165) is 44.3 Å². The molecule has 0 radical (unpaired) electrons. The molecule has 0 saturated heterocycles. The highest BCUT2D eigenvalue weighted by Gasteiger charge is 2.36. The first-order valence-electron chi connectivity index (χ1n) is 9.18. The monoisotopic (exact) mass is 361 g/mol. The fourth-order valence-corrected chi connectivity index (χ4v) is 4.43. The molecule has 0 heterocycles. The summed E-state index contributed by atoms with van der Waals surface area (Å²) in [6, 6.07) is 0.286. The van der Waals surface area contributed by atoms with Crippen molar-refractivity contribution in [2.75, 3.05) is 20.9 Å². The van der Waals surface area contributed by atoms with Gasteiger partial charge < -0.3 is 9.84 Å². The van der Waals surface area contributed by atoms with Crippen LogP contribution in [0.1, 0.15) is 38.5 Å².